The monoisotopic (exact) mass is 406 g/mol. The zero-order valence-corrected chi connectivity index (χ0v) is 16.8. The van der Waals surface area contributed by atoms with Crippen LogP contribution in [0.4, 0.5) is 0 Å². The van der Waals surface area contributed by atoms with E-state index in [1.165, 1.54) is 16.8 Å². The normalized spacial score (nSPS) is 16.0. The number of nitrogens with zero attached hydrogens (tertiary/aromatic N) is 4. The summed E-state index contributed by atoms with van der Waals surface area (Å²) in [7, 11) is 0. The second kappa shape index (κ2) is 7.97. The van der Waals surface area contributed by atoms with Gasteiger partial charge in [-0.1, -0.05) is 11.8 Å². The van der Waals surface area contributed by atoms with Gasteiger partial charge in [0.25, 0.3) is 5.91 Å². The molecule has 1 atom stereocenters. The summed E-state index contributed by atoms with van der Waals surface area (Å²) in [6.07, 6.45) is 3.66. The largest absolute Gasteiger partial charge is 0.467 e. The summed E-state index contributed by atoms with van der Waals surface area (Å²) in [4.78, 5) is 17.5. The topological polar surface area (TPSA) is 95.6 Å². The lowest BCUT2D eigenvalue weighted by Crippen LogP contribution is -2.28. The van der Waals surface area contributed by atoms with Gasteiger partial charge >= 0.3 is 0 Å². The predicted molar refractivity (Wildman–Crippen MR) is 107 cm³/mol. The third-order valence-electron chi connectivity index (χ3n) is 4.60. The molecule has 3 aromatic heterocycles. The highest BCUT2D eigenvalue weighted by molar-refractivity contribution is 8.00. The Kier molecular flexibility index (Phi) is 5.23. The summed E-state index contributed by atoms with van der Waals surface area (Å²) in [6, 6.07) is 10.9. The maximum absolute atomic E-state index is 13.0. The van der Waals surface area contributed by atoms with Gasteiger partial charge in [0.15, 0.2) is 0 Å². The van der Waals surface area contributed by atoms with Gasteiger partial charge in [0.05, 0.1) is 23.8 Å². The molecule has 7 nitrogen and oxygen atoms in total. The van der Waals surface area contributed by atoms with E-state index in [0.29, 0.717) is 34.2 Å². The van der Waals surface area contributed by atoms with Gasteiger partial charge in [-0.15, -0.1) is 0 Å². The van der Waals surface area contributed by atoms with Gasteiger partial charge in [0, 0.05) is 12.1 Å². The van der Waals surface area contributed by atoms with Gasteiger partial charge in [0.2, 0.25) is 0 Å². The lowest BCUT2D eigenvalue weighted by atomic mass is 10.1. The highest BCUT2D eigenvalue weighted by Crippen LogP contribution is 2.34. The number of rotatable bonds is 5. The van der Waals surface area contributed by atoms with Gasteiger partial charge in [0.1, 0.15) is 34.4 Å². The van der Waals surface area contributed by atoms with Crippen LogP contribution in [0.1, 0.15) is 40.8 Å². The number of carbonyl (C=O) groups excluding carboxylic acids is 1. The molecule has 3 aromatic rings. The van der Waals surface area contributed by atoms with Crippen LogP contribution in [-0.4, -0.2) is 27.4 Å². The second-order valence-electron chi connectivity index (χ2n) is 6.66. The predicted octanol–water partition coefficient (Wildman–Crippen LogP) is 4.23. The highest BCUT2D eigenvalue weighted by atomic mass is 32.2. The molecule has 4 rings (SSSR count). The number of amides is 1. The van der Waals surface area contributed by atoms with Crippen molar-refractivity contribution in [2.75, 3.05) is 5.75 Å². The molecular formula is C21H18N4O3S. The van der Waals surface area contributed by atoms with Crippen LogP contribution in [0, 0.1) is 25.2 Å². The van der Waals surface area contributed by atoms with Crippen molar-refractivity contribution in [1.82, 2.24) is 9.99 Å². The quantitative estimate of drug-likeness (QED) is 0.589. The van der Waals surface area contributed by atoms with Crippen LogP contribution in [0.25, 0.3) is 0 Å². The third-order valence-corrected chi connectivity index (χ3v) is 5.56. The number of carbonyl (C=O) groups is 1. The zero-order valence-electron chi connectivity index (χ0n) is 16.0. The molecular weight excluding hydrogens is 388 g/mol. The summed E-state index contributed by atoms with van der Waals surface area (Å²) in [5, 5.41) is 15.9. The number of furan rings is 2. The van der Waals surface area contributed by atoms with Crippen molar-refractivity contribution in [3.8, 4) is 6.07 Å². The Morgan fingerprint density at radius 1 is 1.31 bits per heavy atom. The molecule has 0 N–H and O–H groups in total. The number of hydrogen-bond donors (Lipinski definition) is 0. The minimum absolute atomic E-state index is 0.108. The molecule has 0 aliphatic carbocycles. The summed E-state index contributed by atoms with van der Waals surface area (Å²) >= 11 is 1.24. The standard InChI is InChI=1S/C21H18N4O3S/c1-13-9-14(2)23-21(15(13)11-22)29-12-20(26)25-17(19-6-4-8-28-19)10-16(24-25)18-5-3-7-27-18/h3-9,17H,10,12H2,1-2H3. The van der Waals surface area contributed by atoms with E-state index in [4.69, 9.17) is 8.83 Å². The molecule has 0 saturated carbocycles. The maximum Gasteiger partial charge on any atom is 0.253 e. The number of thioether (sulfide) groups is 1. The van der Waals surface area contributed by atoms with E-state index in [1.54, 1.807) is 24.7 Å². The minimum atomic E-state index is -0.333. The fraction of sp³-hybridized carbons (Fsp3) is 0.238. The molecule has 1 amide bonds. The summed E-state index contributed by atoms with van der Waals surface area (Å²) in [5.74, 6) is 1.21. The molecule has 0 aromatic carbocycles. The van der Waals surface area contributed by atoms with Gasteiger partial charge in [-0.3, -0.25) is 4.79 Å². The molecule has 0 radical (unpaired) electrons. The van der Waals surface area contributed by atoms with Gasteiger partial charge in [-0.05, 0) is 49.7 Å². The van der Waals surface area contributed by atoms with Crippen LogP contribution < -0.4 is 0 Å². The molecule has 0 fully saturated rings. The van der Waals surface area contributed by atoms with Gasteiger partial charge in [-0.2, -0.15) is 10.4 Å². The van der Waals surface area contributed by atoms with E-state index in [-0.39, 0.29) is 17.7 Å². The van der Waals surface area contributed by atoms with Crippen molar-refractivity contribution in [3.63, 3.8) is 0 Å². The summed E-state index contributed by atoms with van der Waals surface area (Å²) < 4.78 is 11.0. The molecule has 146 valence electrons. The Balaban J connectivity index is 1.57. The highest BCUT2D eigenvalue weighted by Gasteiger charge is 2.35. The maximum atomic E-state index is 13.0. The Hall–Kier alpha value is -3.31. The average Bonchev–Trinajstić information content (AvgIpc) is 3.46. The van der Waals surface area contributed by atoms with E-state index >= 15 is 0 Å². The van der Waals surface area contributed by atoms with E-state index in [1.807, 2.05) is 32.0 Å². The third kappa shape index (κ3) is 3.82. The molecule has 1 aliphatic rings. The first-order valence-corrected chi connectivity index (χ1v) is 10.0. The van der Waals surface area contributed by atoms with Gasteiger partial charge in [-0.25, -0.2) is 9.99 Å². The van der Waals surface area contributed by atoms with Crippen LogP contribution in [0.5, 0.6) is 0 Å². The lowest BCUT2D eigenvalue weighted by Gasteiger charge is -2.19. The van der Waals surface area contributed by atoms with E-state index < -0.39 is 0 Å². The number of aryl methyl sites for hydroxylation is 2. The van der Waals surface area contributed by atoms with Crippen LogP contribution in [0.2, 0.25) is 0 Å². The van der Waals surface area contributed by atoms with Crippen LogP contribution in [0.3, 0.4) is 0 Å². The number of hydrogen-bond acceptors (Lipinski definition) is 7. The Morgan fingerprint density at radius 2 is 2.10 bits per heavy atom. The molecule has 0 spiro atoms. The average molecular weight is 406 g/mol. The minimum Gasteiger partial charge on any atom is -0.467 e. The van der Waals surface area contributed by atoms with Crippen molar-refractivity contribution in [2.45, 2.75) is 31.3 Å². The fourth-order valence-corrected chi connectivity index (χ4v) is 4.23. The zero-order chi connectivity index (χ0) is 20.4. The molecule has 1 aliphatic heterocycles. The van der Waals surface area contributed by atoms with Crippen molar-refractivity contribution in [3.05, 3.63) is 71.2 Å². The van der Waals surface area contributed by atoms with Gasteiger partial charge < -0.3 is 8.83 Å². The number of nitriles is 1. The number of pyridine rings is 1. The first-order chi connectivity index (χ1) is 14.1. The number of hydrazone groups is 1. The molecule has 8 heteroatoms. The van der Waals surface area contributed by atoms with E-state index in [2.05, 4.69) is 16.2 Å². The van der Waals surface area contributed by atoms with Crippen LogP contribution >= 0.6 is 11.8 Å². The Labute approximate surface area is 172 Å². The Morgan fingerprint density at radius 3 is 2.79 bits per heavy atom. The smallest absolute Gasteiger partial charge is 0.253 e. The van der Waals surface area contributed by atoms with Crippen LogP contribution in [0.15, 0.2) is 61.8 Å². The molecule has 0 bridgehead atoms. The Bertz CT molecular complexity index is 1100. The molecule has 1 unspecified atom stereocenters. The second-order valence-corrected chi connectivity index (χ2v) is 7.62. The fourth-order valence-electron chi connectivity index (χ4n) is 3.27. The van der Waals surface area contributed by atoms with Crippen molar-refractivity contribution in [1.29, 1.82) is 5.26 Å². The van der Waals surface area contributed by atoms with Crippen molar-refractivity contribution >= 4 is 23.4 Å². The van der Waals surface area contributed by atoms with Crippen molar-refractivity contribution < 1.29 is 13.6 Å². The number of aromatic nitrogens is 1. The van der Waals surface area contributed by atoms with E-state index in [9.17, 15) is 10.1 Å². The first-order valence-electron chi connectivity index (χ1n) is 9.04. The molecule has 29 heavy (non-hydrogen) atoms. The lowest BCUT2D eigenvalue weighted by molar-refractivity contribution is -0.130. The summed E-state index contributed by atoms with van der Waals surface area (Å²) in [5.41, 5.74) is 2.85. The van der Waals surface area contributed by atoms with Crippen molar-refractivity contribution in [2.24, 2.45) is 5.10 Å². The first kappa shape index (κ1) is 19.0. The van der Waals surface area contributed by atoms with E-state index in [0.717, 1.165) is 11.3 Å². The van der Waals surface area contributed by atoms with Crippen LogP contribution in [-0.2, 0) is 4.79 Å². The SMILES string of the molecule is Cc1cc(C)c(C#N)c(SCC(=O)N2N=C(c3ccco3)CC2c2ccco2)n1. The molecule has 0 saturated heterocycles. The summed E-state index contributed by atoms with van der Waals surface area (Å²) in [6.45, 7) is 3.74. The molecule has 4 heterocycles.